The summed E-state index contributed by atoms with van der Waals surface area (Å²) in [6.07, 6.45) is 0. The summed E-state index contributed by atoms with van der Waals surface area (Å²) in [6, 6.07) is 11.8. The zero-order chi connectivity index (χ0) is 19.8. The van der Waals surface area contributed by atoms with E-state index >= 15 is 0 Å². The Hall–Kier alpha value is -3.09. The number of carbonyl (C=O) groups is 3. The minimum atomic E-state index is -1.32. The Morgan fingerprint density at radius 2 is 1.85 bits per heavy atom. The van der Waals surface area contributed by atoms with E-state index in [1.807, 2.05) is 44.2 Å². The topological polar surface area (TPSA) is 82.9 Å². The minimum Gasteiger partial charge on any atom is -0.463 e. The molecule has 1 aromatic heterocycles. The third-order valence-electron chi connectivity index (χ3n) is 4.62. The molecule has 0 spiro atoms. The van der Waals surface area contributed by atoms with Gasteiger partial charge in [0.2, 0.25) is 5.91 Å². The SMILES string of the molecule is Cc1ccc([C@@]2(C)NC(=O)N(CC(=O)N(c3ccccc3)C(C)C)C2=O)o1. The van der Waals surface area contributed by atoms with Crippen LogP contribution in [0.4, 0.5) is 10.5 Å². The smallest absolute Gasteiger partial charge is 0.325 e. The van der Waals surface area contributed by atoms with Crippen LogP contribution in [-0.2, 0) is 15.1 Å². The van der Waals surface area contributed by atoms with E-state index in [-0.39, 0.29) is 18.5 Å². The summed E-state index contributed by atoms with van der Waals surface area (Å²) in [4.78, 5) is 40.8. The van der Waals surface area contributed by atoms with Gasteiger partial charge in [0.25, 0.3) is 5.91 Å². The highest BCUT2D eigenvalue weighted by molar-refractivity contribution is 6.10. The van der Waals surface area contributed by atoms with Gasteiger partial charge in [-0.25, -0.2) is 4.79 Å². The molecular weight excluding hydrogens is 346 g/mol. The summed E-state index contributed by atoms with van der Waals surface area (Å²) >= 11 is 0. The number of rotatable bonds is 5. The zero-order valence-corrected chi connectivity index (χ0v) is 15.9. The summed E-state index contributed by atoms with van der Waals surface area (Å²) in [6.45, 7) is 6.76. The van der Waals surface area contributed by atoms with Crippen LogP contribution in [0.15, 0.2) is 46.9 Å². The monoisotopic (exact) mass is 369 g/mol. The van der Waals surface area contributed by atoms with Crippen molar-refractivity contribution >= 4 is 23.5 Å². The first-order chi connectivity index (χ1) is 12.7. The summed E-state index contributed by atoms with van der Waals surface area (Å²) in [7, 11) is 0. The van der Waals surface area contributed by atoms with Gasteiger partial charge in [-0.3, -0.25) is 14.5 Å². The van der Waals surface area contributed by atoms with Gasteiger partial charge in [-0.05, 0) is 52.0 Å². The number of aryl methyl sites for hydroxylation is 1. The summed E-state index contributed by atoms with van der Waals surface area (Å²) < 4.78 is 5.54. The van der Waals surface area contributed by atoms with Crippen molar-refractivity contribution in [3.63, 3.8) is 0 Å². The lowest BCUT2D eigenvalue weighted by Gasteiger charge is -2.28. The molecule has 7 nitrogen and oxygen atoms in total. The van der Waals surface area contributed by atoms with E-state index in [1.54, 1.807) is 30.9 Å². The van der Waals surface area contributed by atoms with Crippen LogP contribution in [-0.4, -0.2) is 35.3 Å². The molecule has 0 aliphatic carbocycles. The van der Waals surface area contributed by atoms with Crippen LogP contribution in [0.3, 0.4) is 0 Å². The summed E-state index contributed by atoms with van der Waals surface area (Å²) in [5.74, 6) is 0.140. The van der Waals surface area contributed by atoms with Gasteiger partial charge in [-0.15, -0.1) is 0 Å². The molecule has 1 aliphatic rings. The Balaban J connectivity index is 1.83. The average molecular weight is 369 g/mol. The van der Waals surface area contributed by atoms with Crippen LogP contribution in [0.2, 0.25) is 0 Å². The van der Waals surface area contributed by atoms with Gasteiger partial charge in [0, 0.05) is 11.7 Å². The van der Waals surface area contributed by atoms with Crippen LogP contribution >= 0.6 is 0 Å². The zero-order valence-electron chi connectivity index (χ0n) is 15.9. The number of nitrogens with zero attached hydrogens (tertiary/aromatic N) is 2. The molecule has 1 N–H and O–H groups in total. The normalized spacial score (nSPS) is 19.5. The Labute approximate surface area is 157 Å². The molecule has 27 heavy (non-hydrogen) atoms. The molecule has 2 aromatic rings. The van der Waals surface area contributed by atoms with Crippen molar-refractivity contribution in [2.75, 3.05) is 11.4 Å². The molecule has 7 heteroatoms. The van der Waals surface area contributed by atoms with Crippen molar-refractivity contribution in [3.8, 4) is 0 Å². The average Bonchev–Trinajstić information content (AvgIpc) is 3.14. The number of anilines is 1. The first-order valence-corrected chi connectivity index (χ1v) is 8.82. The van der Waals surface area contributed by atoms with E-state index < -0.39 is 17.5 Å². The minimum absolute atomic E-state index is 0.125. The van der Waals surface area contributed by atoms with Gasteiger partial charge < -0.3 is 14.6 Å². The fourth-order valence-corrected chi connectivity index (χ4v) is 3.24. The Morgan fingerprint density at radius 3 is 2.41 bits per heavy atom. The molecule has 0 saturated carbocycles. The molecule has 1 fully saturated rings. The molecule has 0 radical (unpaired) electrons. The summed E-state index contributed by atoms with van der Waals surface area (Å²) in [5.41, 5.74) is -0.602. The molecule has 1 atom stereocenters. The summed E-state index contributed by atoms with van der Waals surface area (Å²) in [5, 5.41) is 2.65. The number of amides is 4. The second-order valence-electron chi connectivity index (χ2n) is 7.05. The lowest BCUT2D eigenvalue weighted by atomic mass is 9.99. The molecule has 1 aromatic carbocycles. The molecule has 3 rings (SSSR count). The van der Waals surface area contributed by atoms with Gasteiger partial charge in [0.15, 0.2) is 5.54 Å². The Morgan fingerprint density at radius 1 is 1.19 bits per heavy atom. The quantitative estimate of drug-likeness (QED) is 0.822. The number of imide groups is 1. The molecule has 2 heterocycles. The van der Waals surface area contributed by atoms with Crippen LogP contribution < -0.4 is 10.2 Å². The van der Waals surface area contributed by atoms with Crippen molar-refractivity contribution in [1.29, 1.82) is 0 Å². The third kappa shape index (κ3) is 3.32. The number of urea groups is 1. The molecule has 1 aliphatic heterocycles. The highest BCUT2D eigenvalue weighted by Crippen LogP contribution is 2.30. The van der Waals surface area contributed by atoms with E-state index in [0.717, 1.165) is 4.90 Å². The lowest BCUT2D eigenvalue weighted by Crippen LogP contribution is -2.46. The van der Waals surface area contributed by atoms with Gasteiger partial charge >= 0.3 is 6.03 Å². The number of carbonyl (C=O) groups excluding carboxylic acids is 3. The van der Waals surface area contributed by atoms with E-state index in [1.165, 1.54) is 0 Å². The van der Waals surface area contributed by atoms with Crippen LogP contribution in [0.1, 0.15) is 32.3 Å². The molecule has 0 unspecified atom stereocenters. The standard InChI is InChI=1S/C20H23N3O4/c1-13(2)23(15-8-6-5-7-9-15)17(24)12-22-18(25)20(4,21-19(22)26)16-11-10-14(3)27-16/h5-11,13H,12H2,1-4H3,(H,21,26)/t20-/m1/s1. The Bertz CT molecular complexity index is 874. The van der Waals surface area contributed by atoms with Crippen LogP contribution in [0.5, 0.6) is 0 Å². The van der Waals surface area contributed by atoms with Crippen molar-refractivity contribution < 1.29 is 18.8 Å². The number of furan rings is 1. The predicted molar refractivity (Wildman–Crippen MR) is 100 cm³/mol. The number of para-hydroxylation sites is 1. The maximum absolute atomic E-state index is 12.9. The maximum Gasteiger partial charge on any atom is 0.325 e. The fraction of sp³-hybridized carbons (Fsp3) is 0.350. The Kier molecular flexibility index (Phi) is 4.78. The van der Waals surface area contributed by atoms with Crippen LogP contribution in [0.25, 0.3) is 0 Å². The molecule has 142 valence electrons. The molecule has 4 amide bonds. The second-order valence-corrected chi connectivity index (χ2v) is 7.05. The van der Waals surface area contributed by atoms with E-state index in [2.05, 4.69) is 5.32 Å². The highest BCUT2D eigenvalue weighted by Gasteiger charge is 2.51. The third-order valence-corrected chi connectivity index (χ3v) is 4.62. The highest BCUT2D eigenvalue weighted by atomic mass is 16.3. The number of nitrogens with one attached hydrogen (secondary N) is 1. The van der Waals surface area contributed by atoms with Gasteiger partial charge in [0.1, 0.15) is 18.1 Å². The molecule has 1 saturated heterocycles. The van der Waals surface area contributed by atoms with Gasteiger partial charge in [-0.1, -0.05) is 18.2 Å². The van der Waals surface area contributed by atoms with Gasteiger partial charge in [-0.2, -0.15) is 0 Å². The number of benzene rings is 1. The largest absolute Gasteiger partial charge is 0.463 e. The van der Waals surface area contributed by atoms with E-state index in [9.17, 15) is 14.4 Å². The van der Waals surface area contributed by atoms with Crippen molar-refractivity contribution in [2.45, 2.75) is 39.3 Å². The number of hydrogen-bond donors (Lipinski definition) is 1. The van der Waals surface area contributed by atoms with Crippen molar-refractivity contribution in [2.24, 2.45) is 0 Å². The lowest BCUT2D eigenvalue weighted by molar-refractivity contribution is -0.134. The van der Waals surface area contributed by atoms with Gasteiger partial charge in [0.05, 0.1) is 0 Å². The predicted octanol–water partition coefficient (Wildman–Crippen LogP) is 2.80. The fourth-order valence-electron chi connectivity index (χ4n) is 3.24. The first-order valence-electron chi connectivity index (χ1n) is 8.82. The first kappa shape index (κ1) is 18.7. The molecule has 0 bridgehead atoms. The maximum atomic E-state index is 12.9. The van der Waals surface area contributed by atoms with E-state index in [4.69, 9.17) is 4.42 Å². The van der Waals surface area contributed by atoms with E-state index in [0.29, 0.717) is 17.2 Å². The number of hydrogen-bond acceptors (Lipinski definition) is 4. The van der Waals surface area contributed by atoms with Crippen LogP contribution in [0, 0.1) is 6.92 Å². The van der Waals surface area contributed by atoms with Crippen molar-refractivity contribution in [1.82, 2.24) is 10.2 Å². The molecular formula is C20H23N3O4. The second kappa shape index (κ2) is 6.90. The van der Waals surface area contributed by atoms with Crippen molar-refractivity contribution in [3.05, 3.63) is 54.0 Å².